The molecule has 0 aromatic rings. The van der Waals surface area contributed by atoms with Gasteiger partial charge in [-0.15, -0.1) is 0 Å². The maximum atomic E-state index is 8.02. The van der Waals surface area contributed by atoms with Crippen molar-refractivity contribution in [2.24, 2.45) is 10.8 Å². The van der Waals surface area contributed by atoms with Crippen molar-refractivity contribution in [3.8, 4) is 0 Å². The summed E-state index contributed by atoms with van der Waals surface area (Å²) in [5.74, 6) is 0.788. The molecule has 0 radical (unpaired) electrons. The van der Waals surface area contributed by atoms with Crippen LogP contribution in [0.15, 0.2) is 23.9 Å². The minimum absolute atomic E-state index is 0.217. The van der Waals surface area contributed by atoms with Gasteiger partial charge >= 0.3 is 0 Å². The lowest BCUT2D eigenvalue weighted by Crippen LogP contribution is -2.42. The predicted octanol–water partition coefficient (Wildman–Crippen LogP) is 3.79. The molecule has 1 heterocycles. The third-order valence-electron chi connectivity index (χ3n) is 2.93. The minimum Gasteiger partial charge on any atom is -0.396 e. The highest BCUT2D eigenvalue weighted by Gasteiger charge is 2.27. The molecule has 0 bridgehead atoms. The molecule has 3 heteroatoms. The second kappa shape index (κ2) is 8.01. The summed E-state index contributed by atoms with van der Waals surface area (Å²) >= 11 is 3.84. The molecule has 0 saturated heterocycles. The normalized spacial score (nSPS) is 19.2. The van der Waals surface area contributed by atoms with E-state index in [0.717, 1.165) is 12.2 Å². The Labute approximate surface area is 124 Å². The third kappa shape index (κ3) is 7.68. The first-order chi connectivity index (χ1) is 8.62. The van der Waals surface area contributed by atoms with Gasteiger partial charge in [0.1, 0.15) is 0 Å². The molecule has 1 aliphatic heterocycles. The standard InChI is InChI=1S/C13H23N.C3H8OS/c1-12(2,3)10-8-7-9-11(14-10)13(4,5)6;4-2-1-3-5/h7-10,14H,1-6H3;4-5H,1-3H2. The molecule has 112 valence electrons. The highest BCUT2D eigenvalue weighted by atomic mass is 32.1. The Morgan fingerprint density at radius 3 is 2.11 bits per heavy atom. The van der Waals surface area contributed by atoms with E-state index in [0.29, 0.717) is 6.04 Å². The number of rotatable bonds is 2. The Bertz CT molecular complexity index is 306. The molecule has 1 unspecified atom stereocenters. The van der Waals surface area contributed by atoms with E-state index >= 15 is 0 Å². The lowest BCUT2D eigenvalue weighted by Gasteiger charge is -2.36. The summed E-state index contributed by atoms with van der Waals surface area (Å²) in [4.78, 5) is 0. The van der Waals surface area contributed by atoms with E-state index in [2.05, 4.69) is 77.7 Å². The van der Waals surface area contributed by atoms with Crippen LogP contribution < -0.4 is 5.32 Å². The highest BCUT2D eigenvalue weighted by Crippen LogP contribution is 2.29. The number of thiol groups is 1. The molecule has 0 amide bonds. The number of aliphatic hydroxyl groups is 1. The van der Waals surface area contributed by atoms with E-state index in [-0.39, 0.29) is 17.4 Å². The van der Waals surface area contributed by atoms with Gasteiger partial charge < -0.3 is 10.4 Å². The lowest BCUT2D eigenvalue weighted by molar-refractivity contribution is 0.296. The van der Waals surface area contributed by atoms with Crippen LogP contribution in [0.1, 0.15) is 48.0 Å². The third-order valence-corrected chi connectivity index (χ3v) is 3.25. The molecule has 1 atom stereocenters. The zero-order valence-corrected chi connectivity index (χ0v) is 14.2. The van der Waals surface area contributed by atoms with Crippen molar-refractivity contribution in [2.45, 2.75) is 54.0 Å². The van der Waals surface area contributed by atoms with Gasteiger partial charge in [-0.1, -0.05) is 53.7 Å². The number of aliphatic hydroxyl groups excluding tert-OH is 1. The average Bonchev–Trinajstić information content (AvgIpc) is 2.29. The van der Waals surface area contributed by atoms with Crippen LogP contribution in [0.25, 0.3) is 0 Å². The molecule has 0 spiro atoms. The zero-order valence-electron chi connectivity index (χ0n) is 13.3. The average molecular weight is 285 g/mol. The molecule has 0 aliphatic carbocycles. The van der Waals surface area contributed by atoms with Crippen molar-refractivity contribution in [1.82, 2.24) is 5.32 Å². The Morgan fingerprint density at radius 2 is 1.79 bits per heavy atom. The van der Waals surface area contributed by atoms with Gasteiger partial charge in [-0.05, 0) is 23.7 Å². The van der Waals surface area contributed by atoms with Gasteiger partial charge in [0.2, 0.25) is 0 Å². The van der Waals surface area contributed by atoms with Crippen LogP contribution >= 0.6 is 12.6 Å². The summed E-state index contributed by atoms with van der Waals surface area (Å²) in [6, 6.07) is 0.446. The first kappa shape index (κ1) is 18.6. The number of nitrogens with one attached hydrogen (secondary N) is 1. The molecule has 2 nitrogen and oxygen atoms in total. The monoisotopic (exact) mass is 285 g/mol. The van der Waals surface area contributed by atoms with E-state index in [1.54, 1.807) is 0 Å². The van der Waals surface area contributed by atoms with Crippen LogP contribution in [0.2, 0.25) is 0 Å². The van der Waals surface area contributed by atoms with E-state index in [9.17, 15) is 0 Å². The molecule has 19 heavy (non-hydrogen) atoms. The van der Waals surface area contributed by atoms with Crippen molar-refractivity contribution in [3.63, 3.8) is 0 Å². The van der Waals surface area contributed by atoms with Gasteiger partial charge in [-0.3, -0.25) is 0 Å². The first-order valence-corrected chi connectivity index (χ1v) is 7.63. The van der Waals surface area contributed by atoms with E-state index in [1.165, 1.54) is 5.70 Å². The maximum Gasteiger partial charge on any atom is 0.0493 e. The topological polar surface area (TPSA) is 32.3 Å². The van der Waals surface area contributed by atoms with Gasteiger partial charge in [-0.2, -0.15) is 12.6 Å². The zero-order chi connectivity index (χ0) is 15.1. The SMILES string of the molecule is CC(C)(C)C1=CC=CC(C(C)(C)C)N1.OCCCS. The molecule has 0 aromatic carbocycles. The van der Waals surface area contributed by atoms with Crippen molar-refractivity contribution in [3.05, 3.63) is 23.9 Å². The van der Waals surface area contributed by atoms with Gasteiger partial charge in [-0.25, -0.2) is 0 Å². The summed E-state index contributed by atoms with van der Waals surface area (Å²) in [6.45, 7) is 13.8. The van der Waals surface area contributed by atoms with Crippen molar-refractivity contribution < 1.29 is 5.11 Å². The lowest BCUT2D eigenvalue weighted by atomic mass is 9.82. The van der Waals surface area contributed by atoms with Crippen molar-refractivity contribution in [2.75, 3.05) is 12.4 Å². The van der Waals surface area contributed by atoms with Crippen LogP contribution in [-0.4, -0.2) is 23.5 Å². The van der Waals surface area contributed by atoms with Crippen LogP contribution in [0.5, 0.6) is 0 Å². The molecule has 0 fully saturated rings. The fraction of sp³-hybridized carbons (Fsp3) is 0.750. The summed E-state index contributed by atoms with van der Waals surface area (Å²) in [5.41, 5.74) is 1.83. The highest BCUT2D eigenvalue weighted by molar-refractivity contribution is 7.80. The molecule has 1 aliphatic rings. The van der Waals surface area contributed by atoms with Crippen LogP contribution in [-0.2, 0) is 0 Å². The summed E-state index contributed by atoms with van der Waals surface area (Å²) in [6.07, 6.45) is 7.41. The Balaban J connectivity index is 0.000000555. The molecular weight excluding hydrogens is 254 g/mol. The van der Waals surface area contributed by atoms with Gasteiger partial charge in [0.15, 0.2) is 0 Å². The molecule has 2 N–H and O–H groups in total. The maximum absolute atomic E-state index is 8.02. The van der Waals surface area contributed by atoms with E-state index in [1.807, 2.05) is 0 Å². The van der Waals surface area contributed by atoms with Crippen LogP contribution in [0.4, 0.5) is 0 Å². The summed E-state index contributed by atoms with van der Waals surface area (Å²) < 4.78 is 0. The molecule has 0 aromatic heterocycles. The van der Waals surface area contributed by atoms with Crippen LogP contribution in [0, 0.1) is 10.8 Å². The minimum atomic E-state index is 0.217. The first-order valence-electron chi connectivity index (χ1n) is 7.00. The number of allylic oxidation sites excluding steroid dienone is 3. The largest absolute Gasteiger partial charge is 0.396 e. The van der Waals surface area contributed by atoms with Gasteiger partial charge in [0.05, 0.1) is 0 Å². The Morgan fingerprint density at radius 1 is 1.21 bits per heavy atom. The number of hydrogen-bond donors (Lipinski definition) is 3. The molecule has 0 saturated carbocycles. The van der Waals surface area contributed by atoms with Crippen molar-refractivity contribution >= 4 is 12.6 Å². The van der Waals surface area contributed by atoms with E-state index in [4.69, 9.17) is 5.11 Å². The molecular formula is C16H31NOS. The second-order valence-corrected chi connectivity index (χ2v) is 7.45. The number of hydrogen-bond acceptors (Lipinski definition) is 3. The fourth-order valence-corrected chi connectivity index (χ4v) is 1.71. The predicted molar refractivity (Wildman–Crippen MR) is 88.6 cm³/mol. The summed E-state index contributed by atoms with van der Waals surface area (Å²) in [5, 5.41) is 11.6. The summed E-state index contributed by atoms with van der Waals surface area (Å²) in [7, 11) is 0. The second-order valence-electron chi connectivity index (χ2n) is 7.00. The van der Waals surface area contributed by atoms with Gasteiger partial charge in [0.25, 0.3) is 0 Å². The van der Waals surface area contributed by atoms with Crippen molar-refractivity contribution in [1.29, 1.82) is 0 Å². The fourth-order valence-electron chi connectivity index (χ4n) is 1.57. The Hall–Kier alpha value is -0.410. The van der Waals surface area contributed by atoms with Crippen LogP contribution in [0.3, 0.4) is 0 Å². The van der Waals surface area contributed by atoms with Gasteiger partial charge in [0, 0.05) is 23.8 Å². The molecule has 1 rings (SSSR count). The number of dihydropyridines is 1. The Kier molecular flexibility index (Phi) is 7.83. The smallest absolute Gasteiger partial charge is 0.0493 e. The quantitative estimate of drug-likeness (QED) is 0.675. The van der Waals surface area contributed by atoms with E-state index < -0.39 is 0 Å².